The SMILES string of the molecule is O=C1c2ccccc2C(=O)N1CO/N=C/c1cc[n+](CCCc2ccccc2)cc1. The van der Waals surface area contributed by atoms with Crippen LogP contribution >= 0.6 is 0 Å². The van der Waals surface area contributed by atoms with Crippen LogP contribution in [0.25, 0.3) is 0 Å². The average Bonchev–Trinajstić information content (AvgIpc) is 3.03. The zero-order valence-corrected chi connectivity index (χ0v) is 16.5. The van der Waals surface area contributed by atoms with Gasteiger partial charge in [-0.25, -0.2) is 9.47 Å². The number of carbonyl (C=O) groups is 2. The number of aromatic nitrogens is 1. The topological polar surface area (TPSA) is 62.9 Å². The summed E-state index contributed by atoms with van der Waals surface area (Å²) in [6, 6.07) is 21.1. The molecule has 6 heteroatoms. The zero-order valence-electron chi connectivity index (χ0n) is 16.5. The van der Waals surface area contributed by atoms with Crippen molar-refractivity contribution in [2.75, 3.05) is 6.73 Å². The Kier molecular flexibility index (Phi) is 5.94. The molecule has 0 N–H and O–H groups in total. The lowest BCUT2D eigenvalue weighted by Gasteiger charge is -2.11. The van der Waals surface area contributed by atoms with Crippen LogP contribution < -0.4 is 4.57 Å². The largest absolute Gasteiger partial charge is 0.373 e. The molecule has 0 aliphatic carbocycles. The molecular weight excluding hydrogens is 378 g/mol. The predicted molar refractivity (Wildman–Crippen MR) is 112 cm³/mol. The first-order valence-electron chi connectivity index (χ1n) is 9.86. The van der Waals surface area contributed by atoms with Crippen molar-refractivity contribution >= 4 is 18.0 Å². The number of fused-ring (bicyclic) bond motifs is 1. The Bertz CT molecular complexity index is 1030. The summed E-state index contributed by atoms with van der Waals surface area (Å²) in [6.07, 6.45) is 7.66. The summed E-state index contributed by atoms with van der Waals surface area (Å²) in [6.45, 7) is 0.720. The minimum absolute atomic E-state index is 0.213. The van der Waals surface area contributed by atoms with Gasteiger partial charge in [-0.2, -0.15) is 0 Å². The van der Waals surface area contributed by atoms with Crippen LogP contribution in [0.15, 0.2) is 84.3 Å². The normalized spacial score (nSPS) is 13.1. The van der Waals surface area contributed by atoms with E-state index in [0.29, 0.717) is 11.1 Å². The van der Waals surface area contributed by atoms with E-state index in [1.165, 1.54) is 5.56 Å². The minimum atomic E-state index is -0.359. The van der Waals surface area contributed by atoms with Crippen LogP contribution in [0.2, 0.25) is 0 Å². The molecule has 0 unspecified atom stereocenters. The summed E-state index contributed by atoms with van der Waals surface area (Å²) in [4.78, 5) is 30.7. The molecule has 2 aromatic carbocycles. The molecule has 0 bridgehead atoms. The number of aryl methyl sites for hydroxylation is 2. The minimum Gasteiger partial charge on any atom is -0.373 e. The summed E-state index contributed by atoms with van der Waals surface area (Å²) >= 11 is 0. The van der Waals surface area contributed by atoms with Gasteiger partial charge in [-0.15, -0.1) is 0 Å². The molecular formula is C24H22N3O3+. The Morgan fingerprint density at radius 1 is 0.867 bits per heavy atom. The number of nitrogens with zero attached hydrogens (tertiary/aromatic N) is 3. The monoisotopic (exact) mass is 400 g/mol. The highest BCUT2D eigenvalue weighted by Gasteiger charge is 2.35. The molecule has 0 saturated heterocycles. The fraction of sp³-hybridized carbons (Fsp3) is 0.167. The van der Waals surface area contributed by atoms with Gasteiger partial charge in [-0.05, 0) is 24.1 Å². The van der Waals surface area contributed by atoms with E-state index in [-0.39, 0.29) is 18.5 Å². The average molecular weight is 400 g/mol. The van der Waals surface area contributed by atoms with Crippen LogP contribution in [0.3, 0.4) is 0 Å². The fourth-order valence-electron chi connectivity index (χ4n) is 3.36. The summed E-state index contributed by atoms with van der Waals surface area (Å²) in [5.74, 6) is -0.718. The van der Waals surface area contributed by atoms with Crippen molar-refractivity contribution in [1.82, 2.24) is 4.90 Å². The number of benzene rings is 2. The van der Waals surface area contributed by atoms with E-state index in [9.17, 15) is 9.59 Å². The number of carbonyl (C=O) groups excluding carboxylic acids is 2. The van der Waals surface area contributed by atoms with E-state index in [1.54, 1.807) is 30.5 Å². The van der Waals surface area contributed by atoms with Crippen LogP contribution in [0.4, 0.5) is 0 Å². The molecule has 3 aromatic rings. The Balaban J connectivity index is 1.24. The lowest BCUT2D eigenvalue weighted by molar-refractivity contribution is -0.697. The summed E-state index contributed by atoms with van der Waals surface area (Å²) in [5, 5.41) is 3.89. The lowest BCUT2D eigenvalue weighted by Crippen LogP contribution is -2.32. The number of hydrogen-bond acceptors (Lipinski definition) is 4. The summed E-state index contributed by atoms with van der Waals surface area (Å²) in [5.41, 5.74) is 3.01. The second-order valence-corrected chi connectivity index (χ2v) is 7.04. The molecule has 1 aliphatic heterocycles. The Morgan fingerprint density at radius 2 is 1.50 bits per heavy atom. The highest BCUT2D eigenvalue weighted by Crippen LogP contribution is 2.22. The van der Waals surface area contributed by atoms with Gasteiger partial charge in [0.2, 0.25) is 0 Å². The zero-order chi connectivity index (χ0) is 20.8. The van der Waals surface area contributed by atoms with E-state index in [2.05, 4.69) is 34.0 Å². The van der Waals surface area contributed by atoms with Crippen molar-refractivity contribution in [2.24, 2.45) is 5.16 Å². The third-order valence-electron chi connectivity index (χ3n) is 4.98. The van der Waals surface area contributed by atoms with Crippen molar-refractivity contribution in [1.29, 1.82) is 0 Å². The second-order valence-electron chi connectivity index (χ2n) is 7.04. The summed E-state index contributed by atoms with van der Waals surface area (Å²) < 4.78 is 2.12. The standard InChI is InChI=1S/C24H22N3O3/c28-23-21-10-4-5-11-22(21)24(29)27(23)18-30-25-17-20-12-15-26(16-13-20)14-6-9-19-7-2-1-3-8-19/h1-5,7-8,10-13,15-17H,6,9,14,18H2/q+1/b25-17+. The Labute approximate surface area is 175 Å². The Hall–Kier alpha value is -3.80. The number of amides is 2. The van der Waals surface area contributed by atoms with Crippen LogP contribution in [0.1, 0.15) is 38.3 Å². The van der Waals surface area contributed by atoms with E-state index in [1.807, 2.05) is 30.6 Å². The number of rotatable bonds is 8. The van der Waals surface area contributed by atoms with Crippen molar-refractivity contribution < 1.29 is 19.0 Å². The maximum Gasteiger partial charge on any atom is 0.264 e. The van der Waals surface area contributed by atoms with Gasteiger partial charge in [0.05, 0.1) is 17.3 Å². The van der Waals surface area contributed by atoms with Gasteiger partial charge >= 0.3 is 0 Å². The third-order valence-corrected chi connectivity index (χ3v) is 4.98. The first-order valence-corrected chi connectivity index (χ1v) is 9.86. The third kappa shape index (κ3) is 4.43. The van der Waals surface area contributed by atoms with Gasteiger partial charge in [-0.1, -0.05) is 47.6 Å². The van der Waals surface area contributed by atoms with Gasteiger partial charge in [-0.3, -0.25) is 9.59 Å². The van der Waals surface area contributed by atoms with Crippen molar-refractivity contribution in [2.45, 2.75) is 19.4 Å². The van der Waals surface area contributed by atoms with Crippen molar-refractivity contribution in [3.8, 4) is 0 Å². The fourth-order valence-corrected chi connectivity index (χ4v) is 3.36. The quantitative estimate of drug-likeness (QED) is 0.252. The van der Waals surface area contributed by atoms with E-state index < -0.39 is 0 Å². The van der Waals surface area contributed by atoms with Gasteiger partial charge in [0, 0.05) is 24.1 Å². The Morgan fingerprint density at radius 3 is 2.17 bits per heavy atom. The second kappa shape index (κ2) is 9.13. The molecule has 0 fully saturated rings. The van der Waals surface area contributed by atoms with Crippen LogP contribution in [0, 0.1) is 0 Å². The maximum atomic E-state index is 12.3. The van der Waals surface area contributed by atoms with E-state index in [4.69, 9.17) is 4.84 Å². The first-order chi connectivity index (χ1) is 14.7. The molecule has 30 heavy (non-hydrogen) atoms. The number of hydrogen-bond donors (Lipinski definition) is 0. The van der Waals surface area contributed by atoms with Gasteiger partial charge in [0.15, 0.2) is 19.1 Å². The van der Waals surface area contributed by atoms with Crippen LogP contribution in [-0.4, -0.2) is 29.7 Å². The highest BCUT2D eigenvalue weighted by molar-refractivity contribution is 6.21. The van der Waals surface area contributed by atoms with Crippen molar-refractivity contribution in [3.05, 3.63) is 101 Å². The maximum absolute atomic E-state index is 12.3. The molecule has 0 radical (unpaired) electrons. The van der Waals surface area contributed by atoms with Gasteiger partial charge < -0.3 is 4.84 Å². The van der Waals surface area contributed by atoms with Crippen LogP contribution in [-0.2, 0) is 17.8 Å². The first kappa shape index (κ1) is 19.5. The molecule has 6 nitrogen and oxygen atoms in total. The smallest absolute Gasteiger partial charge is 0.264 e. The molecule has 0 saturated carbocycles. The molecule has 1 aliphatic rings. The highest BCUT2D eigenvalue weighted by atomic mass is 16.6. The van der Waals surface area contributed by atoms with E-state index >= 15 is 0 Å². The molecule has 150 valence electrons. The molecule has 2 heterocycles. The lowest BCUT2D eigenvalue weighted by atomic mass is 10.1. The molecule has 0 atom stereocenters. The number of imide groups is 1. The van der Waals surface area contributed by atoms with E-state index in [0.717, 1.165) is 29.8 Å². The number of oxime groups is 1. The van der Waals surface area contributed by atoms with Gasteiger partial charge in [0.1, 0.15) is 6.54 Å². The molecule has 2 amide bonds. The molecule has 1 aromatic heterocycles. The molecule has 4 rings (SSSR count). The predicted octanol–water partition coefficient (Wildman–Crippen LogP) is 3.21. The molecule has 0 spiro atoms. The number of pyridine rings is 1. The van der Waals surface area contributed by atoms with Crippen LogP contribution in [0.5, 0.6) is 0 Å². The van der Waals surface area contributed by atoms with Gasteiger partial charge in [0.25, 0.3) is 11.8 Å². The summed E-state index contributed by atoms with van der Waals surface area (Å²) in [7, 11) is 0. The van der Waals surface area contributed by atoms with Crippen molar-refractivity contribution in [3.63, 3.8) is 0 Å².